The van der Waals surface area contributed by atoms with E-state index in [4.69, 9.17) is 4.74 Å². The molecule has 23 heavy (non-hydrogen) atoms. The zero-order valence-electron chi connectivity index (χ0n) is 15.7. The molecule has 3 atom stereocenters. The second-order valence-electron chi connectivity index (χ2n) is 9.06. The van der Waals surface area contributed by atoms with Crippen molar-refractivity contribution < 1.29 is 4.74 Å². The molecule has 4 heteroatoms. The summed E-state index contributed by atoms with van der Waals surface area (Å²) in [5.41, 5.74) is 2.65. The summed E-state index contributed by atoms with van der Waals surface area (Å²) < 4.78 is 8.33. The Kier molecular flexibility index (Phi) is 4.33. The molecule has 2 aliphatic rings. The van der Waals surface area contributed by atoms with Crippen molar-refractivity contribution in [3.8, 4) is 0 Å². The van der Waals surface area contributed by atoms with E-state index in [1.165, 1.54) is 24.2 Å². The minimum Gasteiger partial charge on any atom is -0.375 e. The first-order chi connectivity index (χ1) is 10.7. The van der Waals surface area contributed by atoms with Gasteiger partial charge in [0, 0.05) is 0 Å². The first kappa shape index (κ1) is 16.9. The molecule has 2 aliphatic carbocycles. The quantitative estimate of drug-likeness (QED) is 0.843. The molecule has 0 spiro atoms. The summed E-state index contributed by atoms with van der Waals surface area (Å²) in [7, 11) is 0. The summed E-state index contributed by atoms with van der Waals surface area (Å²) in [4.78, 5) is 0. The lowest BCUT2D eigenvalue weighted by atomic mass is 10.00. The summed E-state index contributed by atoms with van der Waals surface area (Å²) in [6.45, 7) is 14.2. The fourth-order valence-corrected chi connectivity index (χ4v) is 3.97. The number of hydrogen-bond donors (Lipinski definition) is 0. The fourth-order valence-electron chi connectivity index (χ4n) is 3.97. The maximum atomic E-state index is 6.18. The number of fused-ring (bicyclic) bond motifs is 2. The zero-order chi connectivity index (χ0) is 16.8. The van der Waals surface area contributed by atoms with Crippen molar-refractivity contribution in [1.29, 1.82) is 0 Å². The minimum atomic E-state index is 0.0229. The lowest BCUT2D eigenvalue weighted by Gasteiger charge is -2.23. The molecule has 130 valence electrons. The van der Waals surface area contributed by atoms with Gasteiger partial charge in [0.1, 0.15) is 0 Å². The normalized spacial score (nSPS) is 27.8. The first-order valence-corrected chi connectivity index (χ1v) is 9.31. The summed E-state index contributed by atoms with van der Waals surface area (Å²) in [5, 5.41) is 8.92. The van der Waals surface area contributed by atoms with Crippen LogP contribution in [0.2, 0.25) is 0 Å². The molecule has 1 saturated carbocycles. The van der Waals surface area contributed by atoms with Crippen molar-refractivity contribution in [2.24, 2.45) is 17.8 Å². The molecule has 1 fully saturated rings. The Balaban J connectivity index is 1.64. The molecular formula is C19H33N3O. The van der Waals surface area contributed by atoms with E-state index in [-0.39, 0.29) is 11.1 Å². The van der Waals surface area contributed by atoms with Crippen LogP contribution in [0.1, 0.15) is 72.2 Å². The number of rotatable bonds is 4. The van der Waals surface area contributed by atoms with Gasteiger partial charge in [0.15, 0.2) is 0 Å². The molecule has 1 aromatic heterocycles. The third-order valence-electron chi connectivity index (χ3n) is 5.93. The van der Waals surface area contributed by atoms with Crippen LogP contribution in [0, 0.1) is 17.8 Å². The second kappa shape index (κ2) is 5.87. The highest BCUT2D eigenvalue weighted by atomic mass is 16.5. The van der Waals surface area contributed by atoms with Gasteiger partial charge in [0.05, 0.1) is 29.1 Å². The monoisotopic (exact) mass is 319 g/mol. The Hall–Kier alpha value is -0.900. The van der Waals surface area contributed by atoms with Crippen molar-refractivity contribution in [2.75, 3.05) is 6.61 Å². The molecule has 0 aromatic carbocycles. The van der Waals surface area contributed by atoms with Gasteiger partial charge in [-0.25, -0.2) is 4.68 Å². The molecule has 0 aliphatic heterocycles. The molecule has 0 radical (unpaired) electrons. The highest BCUT2D eigenvalue weighted by Gasteiger charge is 2.50. The average molecular weight is 319 g/mol. The van der Waals surface area contributed by atoms with Crippen molar-refractivity contribution in [3.63, 3.8) is 0 Å². The van der Waals surface area contributed by atoms with Crippen molar-refractivity contribution >= 4 is 0 Å². The van der Waals surface area contributed by atoms with Crippen LogP contribution in [0.4, 0.5) is 0 Å². The van der Waals surface area contributed by atoms with Gasteiger partial charge in [-0.05, 0) is 84.5 Å². The van der Waals surface area contributed by atoms with Gasteiger partial charge in [0.2, 0.25) is 0 Å². The highest BCUT2D eigenvalue weighted by Crippen LogP contribution is 2.53. The van der Waals surface area contributed by atoms with E-state index in [1.54, 1.807) is 0 Å². The summed E-state index contributed by atoms with van der Waals surface area (Å²) in [6.07, 6.45) is 5.79. The Morgan fingerprint density at radius 3 is 2.35 bits per heavy atom. The van der Waals surface area contributed by atoms with Crippen molar-refractivity contribution in [2.45, 2.75) is 84.8 Å². The van der Waals surface area contributed by atoms with Gasteiger partial charge in [-0.15, -0.1) is 5.10 Å². The van der Waals surface area contributed by atoms with E-state index in [0.29, 0.717) is 0 Å². The van der Waals surface area contributed by atoms with Crippen LogP contribution in [0.25, 0.3) is 0 Å². The molecule has 0 N–H and O–H groups in total. The van der Waals surface area contributed by atoms with E-state index in [9.17, 15) is 0 Å². The van der Waals surface area contributed by atoms with Crippen LogP contribution in [0.15, 0.2) is 0 Å². The maximum Gasteiger partial charge on any atom is 0.0859 e. The number of nitrogens with zero attached hydrogens (tertiary/aromatic N) is 3. The molecular weight excluding hydrogens is 286 g/mol. The van der Waals surface area contributed by atoms with Crippen LogP contribution in [-0.2, 0) is 23.1 Å². The Morgan fingerprint density at radius 2 is 1.74 bits per heavy atom. The van der Waals surface area contributed by atoms with E-state index >= 15 is 0 Å². The number of ether oxygens (including phenoxy) is 1. The molecule has 1 heterocycles. The summed E-state index contributed by atoms with van der Waals surface area (Å²) in [6, 6.07) is 0. The van der Waals surface area contributed by atoms with Crippen LogP contribution in [0.5, 0.6) is 0 Å². The maximum absolute atomic E-state index is 6.18. The minimum absolute atomic E-state index is 0.0229. The van der Waals surface area contributed by atoms with Crippen molar-refractivity contribution in [3.05, 3.63) is 11.4 Å². The first-order valence-electron chi connectivity index (χ1n) is 9.31. The Labute approximate surface area is 141 Å². The molecule has 3 rings (SSSR count). The molecule has 0 saturated heterocycles. The zero-order valence-corrected chi connectivity index (χ0v) is 15.7. The Bertz CT molecular complexity index is 555. The summed E-state index contributed by atoms with van der Waals surface area (Å²) >= 11 is 0. The van der Waals surface area contributed by atoms with Gasteiger partial charge in [-0.3, -0.25) is 0 Å². The fraction of sp³-hybridized carbons (Fsp3) is 0.895. The van der Waals surface area contributed by atoms with Gasteiger partial charge >= 0.3 is 0 Å². The van der Waals surface area contributed by atoms with Crippen LogP contribution in [0.3, 0.4) is 0 Å². The molecule has 1 aromatic rings. The number of aryl methyl sites for hydroxylation is 1. The largest absolute Gasteiger partial charge is 0.375 e. The van der Waals surface area contributed by atoms with E-state index in [2.05, 4.69) is 56.5 Å². The molecule has 3 unspecified atom stereocenters. The van der Waals surface area contributed by atoms with Crippen molar-refractivity contribution in [1.82, 2.24) is 15.0 Å². The van der Waals surface area contributed by atoms with Gasteiger partial charge in [0.25, 0.3) is 0 Å². The SMILES string of the molecule is CCC(C)(C)OCC1C2CCc3nnn(C(C)(C)C)c3CCC21. The molecule has 0 bridgehead atoms. The number of hydrogen-bond acceptors (Lipinski definition) is 3. The average Bonchev–Trinajstić information content (AvgIpc) is 2.93. The summed E-state index contributed by atoms with van der Waals surface area (Å²) in [5.74, 6) is 2.45. The van der Waals surface area contributed by atoms with E-state index < -0.39 is 0 Å². The molecule has 0 amide bonds. The van der Waals surface area contributed by atoms with Gasteiger partial charge < -0.3 is 4.74 Å². The number of aromatic nitrogens is 3. The van der Waals surface area contributed by atoms with Crippen LogP contribution in [-0.4, -0.2) is 27.2 Å². The smallest absolute Gasteiger partial charge is 0.0859 e. The van der Waals surface area contributed by atoms with Gasteiger partial charge in [-0.1, -0.05) is 12.1 Å². The third kappa shape index (κ3) is 3.47. The lowest BCUT2D eigenvalue weighted by molar-refractivity contribution is -0.0285. The highest BCUT2D eigenvalue weighted by molar-refractivity contribution is 5.16. The van der Waals surface area contributed by atoms with Crippen LogP contribution >= 0.6 is 0 Å². The van der Waals surface area contributed by atoms with E-state index in [0.717, 1.165) is 43.6 Å². The standard InChI is InChI=1S/C19H33N3O/c1-7-19(5,6)23-12-15-13-8-10-16-17(11-9-14(13)15)22(21-20-16)18(2,3)4/h13-15H,7-12H2,1-6H3. The van der Waals surface area contributed by atoms with Gasteiger partial charge in [-0.2, -0.15) is 0 Å². The predicted octanol–water partition coefficient (Wildman–Crippen LogP) is 3.98. The molecule has 4 nitrogen and oxygen atoms in total. The second-order valence-corrected chi connectivity index (χ2v) is 9.06. The Morgan fingerprint density at radius 1 is 1.09 bits per heavy atom. The van der Waals surface area contributed by atoms with E-state index in [1.807, 2.05) is 0 Å². The lowest BCUT2D eigenvalue weighted by Crippen LogP contribution is -2.26. The third-order valence-corrected chi connectivity index (χ3v) is 5.93. The predicted molar refractivity (Wildman–Crippen MR) is 92.5 cm³/mol. The van der Waals surface area contributed by atoms with Crippen LogP contribution < -0.4 is 0 Å². The topological polar surface area (TPSA) is 39.9 Å².